The summed E-state index contributed by atoms with van der Waals surface area (Å²) in [7, 11) is 5.25. The van der Waals surface area contributed by atoms with E-state index in [0.717, 1.165) is 68.5 Å². The monoisotopic (exact) mass is 674 g/mol. The summed E-state index contributed by atoms with van der Waals surface area (Å²) in [6.45, 7) is 7.29. The number of H-pyrrole nitrogens is 2. The fourth-order valence-electron chi connectivity index (χ4n) is 11.8. The van der Waals surface area contributed by atoms with Crippen LogP contribution in [0.2, 0.25) is 0 Å². The van der Waals surface area contributed by atoms with Crippen molar-refractivity contribution >= 4 is 33.7 Å². The number of rotatable bonds is 4. The first kappa shape index (κ1) is 32.1. The molecule has 2 aliphatic carbocycles. The predicted octanol–water partition coefficient (Wildman–Crippen LogP) is 6.48. The Bertz CT molecular complexity index is 2040. The molecule has 0 radical (unpaired) electrons. The average Bonchev–Trinajstić information content (AvgIpc) is 3.67. The number of carbonyl (C=O) groups excluding carboxylic acids is 2. The SMILES string of the molecule is CC=C1CN(C)C2Cc3c([nH]c4ccccc34)C(c3ccc4c5c([nH]c4c3)C3(C(=O)OC)CC4CC(CC)C3N(CC5)C4)CC1C2C(=O)OC. The first-order valence-electron chi connectivity index (χ1n) is 18.8. The summed E-state index contributed by atoms with van der Waals surface area (Å²) in [4.78, 5) is 40.6. The van der Waals surface area contributed by atoms with Gasteiger partial charge in [0, 0.05) is 70.8 Å². The lowest BCUT2D eigenvalue weighted by Crippen LogP contribution is -2.67. The summed E-state index contributed by atoms with van der Waals surface area (Å²) < 4.78 is 11.2. The van der Waals surface area contributed by atoms with Gasteiger partial charge in [-0.2, -0.15) is 0 Å². The Hall–Kier alpha value is -3.88. The molecule has 2 aromatic carbocycles. The number of aromatic amines is 2. The van der Waals surface area contributed by atoms with Crippen molar-refractivity contribution in [2.45, 2.75) is 75.8 Å². The maximum absolute atomic E-state index is 14.1. The molecule has 0 amide bonds. The van der Waals surface area contributed by atoms with E-state index in [2.05, 4.69) is 89.2 Å². The van der Waals surface area contributed by atoms with Gasteiger partial charge in [-0.05, 0) is 92.7 Å². The zero-order valence-corrected chi connectivity index (χ0v) is 30.1. The number of hydrogen-bond donors (Lipinski definition) is 2. The Balaban J connectivity index is 1.22. The molecule has 6 heterocycles. The number of esters is 2. The number of aromatic nitrogens is 2. The van der Waals surface area contributed by atoms with Crippen LogP contribution in [0.25, 0.3) is 21.8 Å². The molecule has 4 aromatic rings. The largest absolute Gasteiger partial charge is 0.469 e. The lowest BCUT2D eigenvalue weighted by Gasteiger charge is -2.57. The summed E-state index contributed by atoms with van der Waals surface area (Å²) in [5.41, 5.74) is 9.01. The van der Waals surface area contributed by atoms with E-state index < -0.39 is 5.41 Å². The van der Waals surface area contributed by atoms with Crippen molar-refractivity contribution in [1.82, 2.24) is 19.8 Å². The number of piperidine rings is 3. The summed E-state index contributed by atoms with van der Waals surface area (Å²) in [5, 5.41) is 2.45. The number of carbonyl (C=O) groups is 2. The van der Waals surface area contributed by atoms with Gasteiger partial charge < -0.3 is 19.4 Å². The Morgan fingerprint density at radius 3 is 2.62 bits per heavy atom. The Labute approximate surface area is 294 Å². The molecule has 9 atom stereocenters. The highest BCUT2D eigenvalue weighted by molar-refractivity contribution is 5.92. The molecule has 0 spiro atoms. The zero-order valence-electron chi connectivity index (χ0n) is 30.1. The third-order valence-corrected chi connectivity index (χ3v) is 13.9. The van der Waals surface area contributed by atoms with Gasteiger partial charge in [0.1, 0.15) is 5.41 Å². The molecule has 8 heteroatoms. The fraction of sp³-hybridized carbons (Fsp3) is 0.524. The van der Waals surface area contributed by atoms with Crippen LogP contribution in [0, 0.1) is 23.7 Å². The van der Waals surface area contributed by atoms with Gasteiger partial charge in [0.15, 0.2) is 0 Å². The van der Waals surface area contributed by atoms with Crippen LogP contribution in [0.4, 0.5) is 0 Å². The first-order chi connectivity index (χ1) is 24.3. The maximum Gasteiger partial charge on any atom is 0.319 e. The quantitative estimate of drug-likeness (QED) is 0.190. The molecule has 10 rings (SSSR count). The molecule has 262 valence electrons. The minimum absolute atomic E-state index is 0.0431. The zero-order chi connectivity index (χ0) is 34.5. The topological polar surface area (TPSA) is 90.7 Å². The second-order valence-electron chi connectivity index (χ2n) is 16.0. The minimum Gasteiger partial charge on any atom is -0.469 e. The molecule has 8 nitrogen and oxygen atoms in total. The summed E-state index contributed by atoms with van der Waals surface area (Å²) in [6.07, 6.45) is 7.84. The predicted molar refractivity (Wildman–Crippen MR) is 195 cm³/mol. The van der Waals surface area contributed by atoms with Gasteiger partial charge >= 0.3 is 11.9 Å². The van der Waals surface area contributed by atoms with E-state index in [1.165, 1.54) is 52.3 Å². The van der Waals surface area contributed by atoms with Gasteiger partial charge in [-0.1, -0.05) is 55.3 Å². The van der Waals surface area contributed by atoms with Crippen molar-refractivity contribution in [2.24, 2.45) is 23.7 Å². The molecule has 6 aliphatic rings. The van der Waals surface area contributed by atoms with Crippen molar-refractivity contribution in [3.63, 3.8) is 0 Å². The van der Waals surface area contributed by atoms with E-state index in [4.69, 9.17) is 9.47 Å². The molecule has 2 aromatic heterocycles. The van der Waals surface area contributed by atoms with E-state index in [1.54, 1.807) is 7.11 Å². The molecule has 3 saturated heterocycles. The highest BCUT2D eigenvalue weighted by atomic mass is 16.5. The third-order valence-electron chi connectivity index (χ3n) is 13.9. The van der Waals surface area contributed by atoms with Crippen molar-refractivity contribution in [1.29, 1.82) is 0 Å². The number of nitrogens with one attached hydrogen (secondary N) is 2. The lowest BCUT2D eigenvalue weighted by molar-refractivity contribution is -0.162. The number of ether oxygens (including phenoxy) is 2. The molecular weight excluding hydrogens is 624 g/mol. The van der Waals surface area contributed by atoms with Crippen molar-refractivity contribution in [3.8, 4) is 0 Å². The Kier molecular flexibility index (Phi) is 7.59. The van der Waals surface area contributed by atoms with Crippen LogP contribution >= 0.6 is 0 Å². The number of likely N-dealkylation sites (N-methyl/N-ethyl adjacent to an activating group) is 1. The van der Waals surface area contributed by atoms with Crippen LogP contribution in [-0.2, 0) is 37.3 Å². The molecular formula is C42H50N4O4. The normalized spacial score (nSPS) is 34.1. The smallest absolute Gasteiger partial charge is 0.319 e. The third kappa shape index (κ3) is 4.43. The van der Waals surface area contributed by atoms with Crippen molar-refractivity contribution in [3.05, 3.63) is 82.2 Å². The number of benzene rings is 2. The number of likely N-dealkylation sites (tertiary alicyclic amines) is 1. The Morgan fingerprint density at radius 2 is 1.84 bits per heavy atom. The van der Waals surface area contributed by atoms with E-state index in [0.29, 0.717) is 11.8 Å². The van der Waals surface area contributed by atoms with Gasteiger partial charge in [-0.25, -0.2) is 0 Å². The van der Waals surface area contributed by atoms with Crippen LogP contribution in [0.1, 0.15) is 73.5 Å². The highest BCUT2D eigenvalue weighted by Crippen LogP contribution is 2.56. The number of hydrogen-bond acceptors (Lipinski definition) is 6. The van der Waals surface area contributed by atoms with Crippen LogP contribution in [0.3, 0.4) is 0 Å². The van der Waals surface area contributed by atoms with Gasteiger partial charge in [0.25, 0.3) is 0 Å². The van der Waals surface area contributed by atoms with E-state index in [-0.39, 0.29) is 41.8 Å². The average molecular weight is 675 g/mol. The molecule has 2 N–H and O–H groups in total. The van der Waals surface area contributed by atoms with Crippen LogP contribution in [0.15, 0.2) is 54.1 Å². The highest BCUT2D eigenvalue weighted by Gasteiger charge is 2.62. The standard InChI is InChI=1S/C42H50N4O4/c1-6-24-16-23-20-42(41(48)50-5)38-29(14-15-46(21-23)39(24)42)28-13-12-26(17-34(28)44-38)31-18-30-25(7-2)22-45(3)35(36(30)40(47)49-4)19-32-27-10-8-9-11-33(27)43-37(31)32/h7-13,17,23-24,30-31,35-36,39,43-44H,6,14-16,18-22H2,1-5H3. The number of methoxy groups -OCH3 is 2. The molecule has 9 unspecified atom stereocenters. The molecule has 6 bridgehead atoms. The molecule has 4 fully saturated rings. The Morgan fingerprint density at radius 1 is 1.02 bits per heavy atom. The summed E-state index contributed by atoms with van der Waals surface area (Å²) in [5.74, 6) is 0.619. The van der Waals surface area contributed by atoms with Crippen molar-refractivity contribution in [2.75, 3.05) is 40.9 Å². The van der Waals surface area contributed by atoms with Crippen molar-refractivity contribution < 1.29 is 19.1 Å². The lowest BCUT2D eigenvalue weighted by atomic mass is 9.56. The van der Waals surface area contributed by atoms with Gasteiger partial charge in [-0.3, -0.25) is 19.4 Å². The number of fused-ring (bicyclic) bond motifs is 9. The molecule has 4 aliphatic heterocycles. The van der Waals surface area contributed by atoms with Gasteiger partial charge in [0.2, 0.25) is 0 Å². The first-order valence-corrected chi connectivity index (χ1v) is 18.8. The number of para-hydroxylation sites is 1. The molecule has 1 saturated carbocycles. The van der Waals surface area contributed by atoms with Crippen LogP contribution < -0.4 is 0 Å². The second-order valence-corrected chi connectivity index (χ2v) is 16.0. The number of nitrogens with zero attached hydrogens (tertiary/aromatic N) is 2. The second kappa shape index (κ2) is 11.8. The molecule has 50 heavy (non-hydrogen) atoms. The van der Waals surface area contributed by atoms with E-state index in [9.17, 15) is 9.59 Å². The minimum atomic E-state index is -0.677. The van der Waals surface area contributed by atoms with Crippen LogP contribution in [0.5, 0.6) is 0 Å². The van der Waals surface area contributed by atoms with E-state index in [1.807, 2.05) is 0 Å². The maximum atomic E-state index is 14.1. The fourth-order valence-corrected chi connectivity index (χ4v) is 11.8. The summed E-state index contributed by atoms with van der Waals surface area (Å²) >= 11 is 0. The number of allylic oxidation sites excluding steroid dienone is 1. The van der Waals surface area contributed by atoms with Gasteiger partial charge in [-0.15, -0.1) is 0 Å². The van der Waals surface area contributed by atoms with E-state index >= 15 is 0 Å². The van der Waals surface area contributed by atoms with Crippen LogP contribution in [-0.4, -0.2) is 84.7 Å². The van der Waals surface area contributed by atoms with Gasteiger partial charge in [0.05, 0.1) is 20.1 Å². The summed E-state index contributed by atoms with van der Waals surface area (Å²) in [6, 6.07) is 15.8.